The summed E-state index contributed by atoms with van der Waals surface area (Å²) in [4.78, 5) is 0. The van der Waals surface area contributed by atoms with E-state index in [1.54, 1.807) is 64.0 Å². The minimum atomic E-state index is -2.73. The van der Waals surface area contributed by atoms with E-state index in [0.717, 1.165) is 7.35 Å². The van der Waals surface area contributed by atoms with Crippen LogP contribution in [0.4, 0.5) is 0 Å². The smallest absolute Gasteiger partial charge is 0.147 e. The molecule has 202 valence electrons. The Morgan fingerprint density at radius 1 is 0.568 bits per heavy atom. The van der Waals surface area contributed by atoms with Crippen LogP contribution in [-0.2, 0) is 20.0 Å². The van der Waals surface area contributed by atoms with Gasteiger partial charge in [0.1, 0.15) is 0 Å². The van der Waals surface area contributed by atoms with Crippen LogP contribution in [0, 0.1) is 0 Å². The van der Waals surface area contributed by atoms with Crippen LogP contribution >= 0.6 is 24.8 Å². The summed E-state index contributed by atoms with van der Waals surface area (Å²) in [5.41, 5.74) is 16.3. The fraction of sp³-hybridized carbons (Fsp3) is 0.529. The minimum absolute atomic E-state index is 0. The molecule has 0 N–H and O–H groups in total. The molecule has 1 saturated heterocycles. The van der Waals surface area contributed by atoms with Crippen molar-refractivity contribution in [1.82, 2.24) is 0 Å². The number of allylic oxidation sites excluding steroid dienone is 2. The van der Waals surface area contributed by atoms with Crippen molar-refractivity contribution in [1.29, 1.82) is 0 Å². The zero-order chi connectivity index (χ0) is 25.4. The molecule has 5 rings (SSSR count). The van der Waals surface area contributed by atoms with Gasteiger partial charge in [0, 0.05) is 0 Å². The van der Waals surface area contributed by atoms with Crippen molar-refractivity contribution in [2.45, 2.75) is 109 Å². The van der Waals surface area contributed by atoms with E-state index in [1.165, 1.54) is 0 Å². The van der Waals surface area contributed by atoms with Crippen LogP contribution in [0.25, 0.3) is 12.2 Å². The van der Waals surface area contributed by atoms with Gasteiger partial charge in [0.05, 0.1) is 0 Å². The molecule has 3 aliphatic rings. The Balaban J connectivity index is 0.00000190. The Kier molecular flexibility index (Phi) is 9.27. The maximum Gasteiger partial charge on any atom is -0.147 e. The van der Waals surface area contributed by atoms with Crippen LogP contribution in [0.1, 0.15) is 145 Å². The topological polar surface area (TPSA) is 0 Å². The Morgan fingerprint density at radius 3 is 1.19 bits per heavy atom. The van der Waals surface area contributed by atoms with Crippen LogP contribution in [0.3, 0.4) is 0 Å². The molecule has 0 spiro atoms. The van der Waals surface area contributed by atoms with Gasteiger partial charge in [-0.15, -0.1) is 24.8 Å². The third-order valence-electron chi connectivity index (χ3n) is 9.36. The van der Waals surface area contributed by atoms with Crippen molar-refractivity contribution in [3.05, 3.63) is 79.9 Å². The van der Waals surface area contributed by atoms with Crippen molar-refractivity contribution < 1.29 is 20.0 Å². The second kappa shape index (κ2) is 11.1. The molecule has 0 bridgehead atoms. The summed E-state index contributed by atoms with van der Waals surface area (Å²) in [6.45, 7) is 24.0. The van der Waals surface area contributed by atoms with E-state index in [4.69, 9.17) is 0 Å². The largest absolute Gasteiger partial charge is 0.147 e. The maximum absolute atomic E-state index is 2.73. The van der Waals surface area contributed by atoms with Gasteiger partial charge in [-0.3, -0.25) is 0 Å². The van der Waals surface area contributed by atoms with Crippen molar-refractivity contribution in [3.8, 4) is 0 Å². The molecular formula is C34H48Cl2Hf. The van der Waals surface area contributed by atoms with Gasteiger partial charge in [-0.2, -0.15) is 0 Å². The van der Waals surface area contributed by atoms with E-state index in [0.29, 0.717) is 23.7 Å². The first-order valence-corrected chi connectivity index (χ1v) is 23.4. The predicted octanol–water partition coefficient (Wildman–Crippen LogP) is 11.6. The molecule has 2 aromatic rings. The summed E-state index contributed by atoms with van der Waals surface area (Å²) in [7, 11) is 0. The predicted molar refractivity (Wildman–Crippen MR) is 166 cm³/mol. The summed E-state index contributed by atoms with van der Waals surface area (Å²) in [5.74, 6) is 2.32. The molecule has 3 heteroatoms. The maximum atomic E-state index is 2.64. The van der Waals surface area contributed by atoms with E-state index in [1.807, 2.05) is 0 Å². The average molecular weight is 706 g/mol. The van der Waals surface area contributed by atoms with Gasteiger partial charge in [-0.05, 0) is 0 Å². The Bertz CT molecular complexity index is 1150. The fourth-order valence-corrected chi connectivity index (χ4v) is 35.6. The van der Waals surface area contributed by atoms with E-state index >= 15 is 0 Å². The van der Waals surface area contributed by atoms with Gasteiger partial charge < -0.3 is 0 Å². The normalized spacial score (nSPS) is 21.0. The van der Waals surface area contributed by atoms with Crippen molar-refractivity contribution in [3.63, 3.8) is 0 Å². The SMILES string of the molecule is CC1=Cc2c(C(C)C)cc(C(C)C)cc2[CH]1[Hf]1([CH]2C(C)=Cc3c(C(C)C)cc(C(C)C)cc32)[CH2][CH2]1.Cl.Cl. The monoisotopic (exact) mass is 706 g/mol. The fourth-order valence-electron chi connectivity index (χ4n) is 7.41. The molecule has 37 heavy (non-hydrogen) atoms. The van der Waals surface area contributed by atoms with Crippen molar-refractivity contribution >= 4 is 37.0 Å². The van der Waals surface area contributed by atoms with Crippen LogP contribution in [-0.4, -0.2) is 0 Å². The molecule has 0 aromatic heterocycles. The molecule has 0 radical (unpaired) electrons. The molecule has 1 heterocycles. The molecule has 2 aliphatic carbocycles. The first-order valence-electron chi connectivity index (χ1n) is 14.2. The van der Waals surface area contributed by atoms with Gasteiger partial charge in [0.2, 0.25) is 0 Å². The molecule has 2 atom stereocenters. The second-order valence-corrected chi connectivity index (χ2v) is 29.8. The Labute approximate surface area is 243 Å². The molecular weight excluding hydrogens is 658 g/mol. The average Bonchev–Trinajstić information content (AvgIpc) is 3.36. The number of rotatable bonds is 6. The molecule has 1 aliphatic heterocycles. The summed E-state index contributed by atoms with van der Waals surface area (Å²) in [5, 5.41) is 0. The standard InChI is InChI=1S/2C16H21.C2H4.2ClH.Hf/c2*1-10(2)13-8-14-6-12(5)7-16(14)15(9-13)11(3)4;1-2;;;/h2*6-11H,1-5H3;1-2H2;2*1H;. The molecule has 1 fully saturated rings. The molecule has 0 amide bonds. The van der Waals surface area contributed by atoms with Crippen LogP contribution in [0.15, 0.2) is 35.4 Å². The van der Waals surface area contributed by atoms with E-state index in [9.17, 15) is 0 Å². The first-order chi connectivity index (χ1) is 16.5. The second-order valence-electron chi connectivity index (χ2n) is 13.2. The molecule has 0 saturated carbocycles. The van der Waals surface area contributed by atoms with E-state index in [2.05, 4.69) is 106 Å². The zero-order valence-corrected chi connectivity index (χ0v) is 29.9. The summed E-state index contributed by atoms with van der Waals surface area (Å²) < 4.78 is 4.64. The van der Waals surface area contributed by atoms with Gasteiger partial charge in [0.25, 0.3) is 0 Å². The van der Waals surface area contributed by atoms with E-state index in [-0.39, 0.29) is 24.8 Å². The summed E-state index contributed by atoms with van der Waals surface area (Å²) in [6, 6.07) is 10.3. The van der Waals surface area contributed by atoms with Crippen molar-refractivity contribution in [2.75, 3.05) is 0 Å². The van der Waals surface area contributed by atoms with Gasteiger partial charge in [0.15, 0.2) is 0 Å². The first kappa shape index (κ1) is 30.9. The summed E-state index contributed by atoms with van der Waals surface area (Å²) in [6.07, 6.45) is 5.22. The van der Waals surface area contributed by atoms with Gasteiger partial charge in [-0.25, -0.2) is 0 Å². The quantitative estimate of drug-likeness (QED) is 0.263. The Morgan fingerprint density at radius 2 is 0.919 bits per heavy atom. The molecule has 2 unspecified atom stereocenters. The number of fused-ring (bicyclic) bond motifs is 2. The van der Waals surface area contributed by atoms with E-state index < -0.39 is 20.0 Å². The number of hydrogen-bond acceptors (Lipinski definition) is 0. The molecule has 2 aromatic carbocycles. The van der Waals surface area contributed by atoms with Crippen LogP contribution in [0.5, 0.6) is 0 Å². The number of halogens is 2. The number of benzene rings is 2. The van der Waals surface area contributed by atoms with Crippen LogP contribution in [0.2, 0.25) is 8.35 Å². The number of hydrogen-bond donors (Lipinski definition) is 0. The Hall–Kier alpha value is -0.630. The minimum Gasteiger partial charge on any atom is -0.147 e. The third-order valence-corrected chi connectivity index (χ3v) is 29.1. The van der Waals surface area contributed by atoms with Gasteiger partial charge >= 0.3 is 221 Å². The van der Waals surface area contributed by atoms with Gasteiger partial charge in [-0.1, -0.05) is 0 Å². The third kappa shape index (κ3) is 5.04. The van der Waals surface area contributed by atoms with Crippen LogP contribution < -0.4 is 0 Å². The molecule has 0 nitrogen and oxygen atoms in total. The van der Waals surface area contributed by atoms with Crippen molar-refractivity contribution in [2.24, 2.45) is 0 Å². The zero-order valence-electron chi connectivity index (χ0n) is 24.7. The summed E-state index contributed by atoms with van der Waals surface area (Å²) >= 11 is -2.73.